The Bertz CT molecular complexity index is 677. The third kappa shape index (κ3) is 4.71. The van der Waals surface area contributed by atoms with Crippen LogP contribution in [0.25, 0.3) is 0 Å². The second-order valence-electron chi connectivity index (χ2n) is 8.15. The number of ether oxygens (including phenoxy) is 1. The summed E-state index contributed by atoms with van der Waals surface area (Å²) in [6, 6.07) is 4.08. The van der Waals surface area contributed by atoms with Crippen LogP contribution in [0.2, 0.25) is 0 Å². The molecule has 2 heterocycles. The van der Waals surface area contributed by atoms with Gasteiger partial charge in [0.15, 0.2) is 0 Å². The van der Waals surface area contributed by atoms with Gasteiger partial charge >= 0.3 is 5.97 Å². The molecule has 0 N–H and O–H groups in total. The van der Waals surface area contributed by atoms with Crippen molar-refractivity contribution in [1.82, 2.24) is 9.80 Å². The second-order valence-corrected chi connectivity index (χ2v) is 8.15. The zero-order chi connectivity index (χ0) is 20.1. The number of esters is 1. The van der Waals surface area contributed by atoms with Crippen LogP contribution in [0.15, 0.2) is 18.2 Å². The highest BCUT2D eigenvalue weighted by Crippen LogP contribution is 2.38. The lowest BCUT2D eigenvalue weighted by Crippen LogP contribution is -2.55. The van der Waals surface area contributed by atoms with E-state index in [2.05, 4.69) is 16.7 Å². The summed E-state index contributed by atoms with van der Waals surface area (Å²) in [5.74, 6) is -1.44. The Kier molecular flexibility index (Phi) is 7.05. The monoisotopic (exact) mass is 394 g/mol. The molecule has 0 saturated carbocycles. The SMILES string of the molecule is CCOC(=O)C1(Cc2ccc(F)cc2F)CCCN(C2CCN(CC)CC2)C1. The normalized spacial score (nSPS) is 25.0. The molecule has 1 aromatic rings. The van der Waals surface area contributed by atoms with E-state index in [4.69, 9.17) is 4.74 Å². The van der Waals surface area contributed by atoms with E-state index < -0.39 is 17.0 Å². The summed E-state index contributed by atoms with van der Waals surface area (Å²) >= 11 is 0. The predicted molar refractivity (Wildman–Crippen MR) is 105 cm³/mol. The van der Waals surface area contributed by atoms with E-state index in [1.54, 1.807) is 6.92 Å². The molecule has 2 saturated heterocycles. The van der Waals surface area contributed by atoms with Gasteiger partial charge in [0, 0.05) is 18.7 Å². The van der Waals surface area contributed by atoms with Crippen LogP contribution in [-0.2, 0) is 16.0 Å². The molecule has 0 spiro atoms. The van der Waals surface area contributed by atoms with Crippen LogP contribution in [0.1, 0.15) is 45.1 Å². The van der Waals surface area contributed by atoms with Crippen molar-refractivity contribution in [3.63, 3.8) is 0 Å². The fourth-order valence-electron chi connectivity index (χ4n) is 4.78. The van der Waals surface area contributed by atoms with E-state index in [1.165, 1.54) is 12.1 Å². The van der Waals surface area contributed by atoms with Crippen molar-refractivity contribution in [2.45, 2.75) is 52.0 Å². The van der Waals surface area contributed by atoms with E-state index >= 15 is 0 Å². The number of likely N-dealkylation sites (tertiary alicyclic amines) is 2. The van der Waals surface area contributed by atoms with Gasteiger partial charge in [-0.1, -0.05) is 13.0 Å². The third-order valence-electron chi connectivity index (χ3n) is 6.38. The van der Waals surface area contributed by atoms with Crippen molar-refractivity contribution < 1.29 is 18.3 Å². The van der Waals surface area contributed by atoms with Gasteiger partial charge in [-0.05, 0) is 76.8 Å². The average Bonchev–Trinajstić information content (AvgIpc) is 2.70. The number of nitrogens with zero attached hydrogens (tertiary/aromatic N) is 2. The Labute approximate surface area is 166 Å². The molecule has 1 atom stereocenters. The number of benzene rings is 1. The fourth-order valence-corrected chi connectivity index (χ4v) is 4.78. The highest BCUT2D eigenvalue weighted by molar-refractivity contribution is 5.78. The van der Waals surface area contributed by atoms with Crippen LogP contribution in [0.3, 0.4) is 0 Å². The van der Waals surface area contributed by atoms with Crippen LogP contribution in [-0.4, -0.2) is 61.1 Å². The molecule has 0 amide bonds. The summed E-state index contributed by atoms with van der Waals surface area (Å²) in [6.07, 6.45) is 4.00. The summed E-state index contributed by atoms with van der Waals surface area (Å²) in [5.41, 5.74) is -0.383. The maximum atomic E-state index is 14.3. The number of halogens is 2. The molecule has 2 aliphatic heterocycles. The average molecular weight is 395 g/mol. The molecule has 0 aliphatic carbocycles. The summed E-state index contributed by atoms with van der Waals surface area (Å²) in [7, 11) is 0. The molecule has 2 fully saturated rings. The van der Waals surface area contributed by atoms with Gasteiger partial charge in [-0.3, -0.25) is 9.69 Å². The van der Waals surface area contributed by atoms with E-state index in [1.807, 2.05) is 0 Å². The third-order valence-corrected chi connectivity index (χ3v) is 6.38. The van der Waals surface area contributed by atoms with Crippen LogP contribution >= 0.6 is 0 Å². The van der Waals surface area contributed by atoms with Crippen LogP contribution in [0.4, 0.5) is 8.78 Å². The van der Waals surface area contributed by atoms with E-state index in [-0.39, 0.29) is 12.4 Å². The number of hydrogen-bond acceptors (Lipinski definition) is 4. The number of rotatable bonds is 6. The van der Waals surface area contributed by atoms with Gasteiger partial charge in [0.25, 0.3) is 0 Å². The molecule has 0 aromatic heterocycles. The molecule has 1 aromatic carbocycles. The van der Waals surface area contributed by atoms with Crippen molar-refractivity contribution in [3.05, 3.63) is 35.4 Å². The molecule has 3 rings (SSSR count). The standard InChI is InChI=1S/C22H32F2N2O2/c1-3-25-12-8-19(9-13-25)26-11-5-10-22(16-26,21(27)28-4-2)15-17-6-7-18(23)14-20(17)24/h6-7,14,19H,3-5,8-13,15-16H2,1-2H3. The quantitative estimate of drug-likeness (QED) is 0.690. The Morgan fingerprint density at radius 1 is 1.21 bits per heavy atom. The minimum atomic E-state index is -0.769. The van der Waals surface area contributed by atoms with Gasteiger partial charge in [0.1, 0.15) is 11.6 Å². The Balaban J connectivity index is 1.79. The van der Waals surface area contributed by atoms with Gasteiger partial charge in [0.2, 0.25) is 0 Å². The van der Waals surface area contributed by atoms with E-state index in [0.717, 1.165) is 51.5 Å². The van der Waals surface area contributed by atoms with Gasteiger partial charge in [-0.25, -0.2) is 8.78 Å². The molecule has 28 heavy (non-hydrogen) atoms. The van der Waals surface area contributed by atoms with Crippen LogP contribution < -0.4 is 0 Å². The van der Waals surface area contributed by atoms with Crippen molar-refractivity contribution in [3.8, 4) is 0 Å². The lowest BCUT2D eigenvalue weighted by Gasteiger charge is -2.46. The fraction of sp³-hybridized carbons (Fsp3) is 0.682. The first-order valence-corrected chi connectivity index (χ1v) is 10.5. The molecule has 4 nitrogen and oxygen atoms in total. The van der Waals surface area contributed by atoms with Crippen molar-refractivity contribution >= 4 is 5.97 Å². The highest BCUT2D eigenvalue weighted by Gasteiger charge is 2.45. The second kappa shape index (κ2) is 9.31. The smallest absolute Gasteiger partial charge is 0.313 e. The van der Waals surface area contributed by atoms with Crippen molar-refractivity contribution in [2.75, 3.05) is 39.3 Å². The van der Waals surface area contributed by atoms with E-state index in [0.29, 0.717) is 31.2 Å². The molecule has 1 unspecified atom stereocenters. The molecule has 6 heteroatoms. The van der Waals surface area contributed by atoms with Gasteiger partial charge in [-0.15, -0.1) is 0 Å². The first-order chi connectivity index (χ1) is 13.5. The summed E-state index contributed by atoms with van der Waals surface area (Å²) in [5, 5.41) is 0. The Morgan fingerprint density at radius 2 is 1.96 bits per heavy atom. The Hall–Kier alpha value is -1.53. The van der Waals surface area contributed by atoms with Gasteiger partial charge in [0.05, 0.1) is 12.0 Å². The van der Waals surface area contributed by atoms with Crippen LogP contribution in [0.5, 0.6) is 0 Å². The molecular weight excluding hydrogens is 362 g/mol. The topological polar surface area (TPSA) is 32.8 Å². The minimum absolute atomic E-state index is 0.252. The number of carbonyl (C=O) groups is 1. The first kappa shape index (κ1) is 21.2. The number of carbonyl (C=O) groups excluding carboxylic acids is 1. The van der Waals surface area contributed by atoms with Gasteiger partial charge in [-0.2, -0.15) is 0 Å². The molecule has 156 valence electrons. The van der Waals surface area contributed by atoms with Gasteiger partial charge < -0.3 is 9.64 Å². The maximum Gasteiger partial charge on any atom is 0.313 e. The highest BCUT2D eigenvalue weighted by atomic mass is 19.1. The van der Waals surface area contributed by atoms with Crippen LogP contribution in [0, 0.1) is 17.0 Å². The lowest BCUT2D eigenvalue weighted by atomic mass is 9.74. The largest absolute Gasteiger partial charge is 0.466 e. The number of hydrogen-bond donors (Lipinski definition) is 0. The zero-order valence-electron chi connectivity index (χ0n) is 17.1. The first-order valence-electron chi connectivity index (χ1n) is 10.5. The minimum Gasteiger partial charge on any atom is -0.466 e. The van der Waals surface area contributed by atoms with Crippen molar-refractivity contribution in [1.29, 1.82) is 0 Å². The molecule has 2 aliphatic rings. The van der Waals surface area contributed by atoms with Crippen molar-refractivity contribution in [2.24, 2.45) is 5.41 Å². The molecule has 0 bridgehead atoms. The summed E-state index contributed by atoms with van der Waals surface area (Å²) < 4.78 is 33.1. The predicted octanol–water partition coefficient (Wildman–Crippen LogP) is 3.64. The summed E-state index contributed by atoms with van der Waals surface area (Å²) in [6.45, 7) is 9.07. The molecular formula is C22H32F2N2O2. The molecule has 0 radical (unpaired) electrons. The number of piperidine rings is 2. The van der Waals surface area contributed by atoms with E-state index in [9.17, 15) is 13.6 Å². The summed E-state index contributed by atoms with van der Waals surface area (Å²) in [4.78, 5) is 17.8. The Morgan fingerprint density at radius 3 is 2.61 bits per heavy atom. The maximum absolute atomic E-state index is 14.3. The lowest BCUT2D eigenvalue weighted by molar-refractivity contribution is -0.160. The zero-order valence-corrected chi connectivity index (χ0v) is 17.1.